The Bertz CT molecular complexity index is 1300. The second kappa shape index (κ2) is 6.93. The van der Waals surface area contributed by atoms with Crippen LogP contribution in [0.25, 0.3) is 12.2 Å². The maximum Gasteiger partial charge on any atom is 0.306 e. The van der Waals surface area contributed by atoms with E-state index >= 15 is 0 Å². The first kappa shape index (κ1) is 17.9. The standard InChI is InChI=1S/C19H10F3N3O2S/c20-12-7-11(8-13(21)16(12)22)23-17-15(28-19(27)25-17)6-10-5-9-3-1-2-4-14(9)24-18(10)26/h1-8,23H,(H,25,27)/b10-6+. The highest BCUT2D eigenvalue weighted by Gasteiger charge is 2.15. The fourth-order valence-electron chi connectivity index (χ4n) is 2.67. The number of fused-ring (bicyclic) bond motifs is 1. The zero-order valence-corrected chi connectivity index (χ0v) is 14.7. The molecule has 140 valence electrons. The minimum atomic E-state index is -1.59. The van der Waals surface area contributed by atoms with E-state index in [1.165, 1.54) is 6.08 Å². The van der Waals surface area contributed by atoms with Crippen molar-refractivity contribution in [2.45, 2.75) is 0 Å². The maximum absolute atomic E-state index is 13.4. The first-order valence-electron chi connectivity index (χ1n) is 7.97. The summed E-state index contributed by atoms with van der Waals surface area (Å²) in [7, 11) is 0. The Morgan fingerprint density at radius 2 is 1.79 bits per heavy atom. The fourth-order valence-corrected chi connectivity index (χ4v) is 3.41. The van der Waals surface area contributed by atoms with Crippen LogP contribution in [-0.2, 0) is 4.79 Å². The number of nitrogens with zero attached hydrogens (tertiary/aromatic N) is 1. The summed E-state index contributed by atoms with van der Waals surface area (Å²) in [5.74, 6) is -4.69. The van der Waals surface area contributed by atoms with E-state index in [9.17, 15) is 22.8 Å². The Hall–Kier alpha value is -3.46. The monoisotopic (exact) mass is 401 g/mol. The number of aromatic nitrogens is 1. The van der Waals surface area contributed by atoms with Crippen molar-refractivity contribution in [3.8, 4) is 0 Å². The Kier molecular flexibility index (Phi) is 4.44. The molecule has 9 heteroatoms. The maximum atomic E-state index is 13.4. The van der Waals surface area contributed by atoms with Crippen molar-refractivity contribution in [3.05, 3.63) is 84.5 Å². The third-order valence-electron chi connectivity index (χ3n) is 3.93. The summed E-state index contributed by atoms with van der Waals surface area (Å²) in [6.45, 7) is 0. The zero-order valence-electron chi connectivity index (χ0n) is 13.9. The molecule has 5 nitrogen and oxygen atoms in total. The SMILES string of the molecule is O=C1N=c2ccccc2=C/C1=C\c1sc(=O)[nH]c1Nc1cc(F)c(F)c(F)c1. The van der Waals surface area contributed by atoms with Crippen molar-refractivity contribution in [2.75, 3.05) is 5.32 Å². The Balaban J connectivity index is 1.75. The lowest BCUT2D eigenvalue weighted by Crippen LogP contribution is -2.29. The van der Waals surface area contributed by atoms with Crippen molar-refractivity contribution >= 4 is 40.9 Å². The van der Waals surface area contributed by atoms with Crippen LogP contribution in [0.15, 0.2) is 51.8 Å². The highest BCUT2D eigenvalue weighted by Crippen LogP contribution is 2.26. The lowest BCUT2D eigenvalue weighted by atomic mass is 10.1. The number of para-hydroxylation sites is 1. The van der Waals surface area contributed by atoms with E-state index in [0.29, 0.717) is 10.2 Å². The summed E-state index contributed by atoms with van der Waals surface area (Å²) in [5.41, 5.74) is 0.146. The van der Waals surface area contributed by atoms with Gasteiger partial charge in [-0.3, -0.25) is 14.6 Å². The Morgan fingerprint density at radius 3 is 2.54 bits per heavy atom. The molecule has 2 heterocycles. The van der Waals surface area contributed by atoms with E-state index in [-0.39, 0.29) is 17.1 Å². The molecule has 1 aliphatic heterocycles. The first-order chi connectivity index (χ1) is 13.4. The molecule has 0 unspecified atom stereocenters. The van der Waals surface area contributed by atoms with Crippen LogP contribution in [0.3, 0.4) is 0 Å². The quantitative estimate of drug-likeness (QED) is 0.524. The number of rotatable bonds is 3. The summed E-state index contributed by atoms with van der Waals surface area (Å²) in [4.78, 5) is 30.4. The fraction of sp³-hybridized carbons (Fsp3) is 0. The second-order valence-electron chi connectivity index (χ2n) is 5.85. The molecule has 0 spiro atoms. The molecule has 0 saturated carbocycles. The van der Waals surface area contributed by atoms with Crippen LogP contribution in [0, 0.1) is 17.5 Å². The number of benzene rings is 2. The van der Waals surface area contributed by atoms with Crippen molar-refractivity contribution in [1.82, 2.24) is 4.98 Å². The summed E-state index contributed by atoms with van der Waals surface area (Å²) < 4.78 is 39.9. The highest BCUT2D eigenvalue weighted by atomic mass is 32.1. The van der Waals surface area contributed by atoms with Gasteiger partial charge in [0.1, 0.15) is 5.82 Å². The van der Waals surface area contributed by atoms with Crippen LogP contribution in [0.5, 0.6) is 0 Å². The van der Waals surface area contributed by atoms with Crippen molar-refractivity contribution < 1.29 is 18.0 Å². The van der Waals surface area contributed by atoms with Crippen LogP contribution in [0.4, 0.5) is 24.7 Å². The number of hydrogen-bond donors (Lipinski definition) is 2. The van der Waals surface area contributed by atoms with Crippen LogP contribution in [0.1, 0.15) is 4.88 Å². The molecule has 0 aliphatic carbocycles. The molecule has 1 aliphatic rings. The van der Waals surface area contributed by atoms with E-state index in [2.05, 4.69) is 15.3 Å². The molecule has 2 N–H and O–H groups in total. The summed E-state index contributed by atoms with van der Waals surface area (Å²) >= 11 is 0.797. The van der Waals surface area contributed by atoms with Crippen LogP contribution < -0.4 is 20.8 Å². The van der Waals surface area contributed by atoms with Gasteiger partial charge in [0.2, 0.25) is 0 Å². The minimum Gasteiger partial charge on any atom is -0.340 e. The predicted octanol–water partition coefficient (Wildman–Crippen LogP) is 2.62. The Labute approximate surface area is 159 Å². The van der Waals surface area contributed by atoms with Gasteiger partial charge in [0, 0.05) is 28.6 Å². The molecule has 3 aromatic rings. The van der Waals surface area contributed by atoms with Gasteiger partial charge in [0.25, 0.3) is 5.91 Å². The number of H-pyrrole nitrogens is 1. The van der Waals surface area contributed by atoms with Gasteiger partial charge < -0.3 is 5.32 Å². The number of aromatic amines is 1. The normalized spacial score (nSPS) is 14.4. The number of amides is 1. The van der Waals surface area contributed by atoms with Gasteiger partial charge >= 0.3 is 4.87 Å². The van der Waals surface area contributed by atoms with Crippen molar-refractivity contribution in [2.24, 2.45) is 4.99 Å². The lowest BCUT2D eigenvalue weighted by molar-refractivity contribution is -0.114. The van der Waals surface area contributed by atoms with Crippen LogP contribution in [0.2, 0.25) is 0 Å². The van der Waals surface area contributed by atoms with Crippen molar-refractivity contribution in [1.29, 1.82) is 0 Å². The molecule has 0 atom stereocenters. The average molecular weight is 401 g/mol. The number of halogens is 3. The van der Waals surface area contributed by atoms with E-state index in [0.717, 1.165) is 28.7 Å². The summed E-state index contributed by atoms with van der Waals surface area (Å²) in [6, 6.07) is 8.59. The third kappa shape index (κ3) is 3.39. The number of thiazole rings is 1. The number of nitrogens with one attached hydrogen (secondary N) is 2. The number of carbonyl (C=O) groups is 1. The molecule has 1 amide bonds. The van der Waals surface area contributed by atoms with Gasteiger partial charge in [-0.25, -0.2) is 18.2 Å². The summed E-state index contributed by atoms with van der Waals surface area (Å²) in [5, 5.41) is 3.92. The summed E-state index contributed by atoms with van der Waals surface area (Å²) in [6.07, 6.45) is 3.08. The van der Waals surface area contributed by atoms with E-state index in [1.54, 1.807) is 30.3 Å². The number of hydrogen-bond acceptors (Lipinski definition) is 4. The van der Waals surface area contributed by atoms with Gasteiger partial charge in [-0.1, -0.05) is 29.5 Å². The first-order valence-corrected chi connectivity index (χ1v) is 8.78. The smallest absolute Gasteiger partial charge is 0.306 e. The average Bonchev–Trinajstić information content (AvgIpc) is 2.99. The number of anilines is 2. The minimum absolute atomic E-state index is 0.0981. The van der Waals surface area contributed by atoms with Gasteiger partial charge in [0.15, 0.2) is 17.5 Å². The van der Waals surface area contributed by atoms with Crippen LogP contribution in [-0.4, -0.2) is 10.9 Å². The molecule has 2 aromatic carbocycles. The molecule has 0 bridgehead atoms. The molecule has 4 rings (SSSR count). The van der Waals surface area contributed by atoms with Crippen molar-refractivity contribution in [3.63, 3.8) is 0 Å². The molecule has 0 radical (unpaired) electrons. The van der Waals surface area contributed by atoms with Gasteiger partial charge in [-0.2, -0.15) is 0 Å². The molecule has 0 saturated heterocycles. The molecular formula is C19H10F3N3O2S. The van der Waals surface area contributed by atoms with E-state index in [1.807, 2.05) is 0 Å². The van der Waals surface area contributed by atoms with Gasteiger partial charge in [-0.15, -0.1) is 0 Å². The predicted molar refractivity (Wildman–Crippen MR) is 99.2 cm³/mol. The topological polar surface area (TPSA) is 74.3 Å². The third-order valence-corrected chi connectivity index (χ3v) is 4.76. The zero-order chi connectivity index (χ0) is 19.8. The molecule has 0 fully saturated rings. The Morgan fingerprint density at radius 1 is 1.07 bits per heavy atom. The van der Waals surface area contributed by atoms with E-state index < -0.39 is 28.2 Å². The highest BCUT2D eigenvalue weighted by molar-refractivity contribution is 7.10. The lowest BCUT2D eigenvalue weighted by Gasteiger charge is -2.07. The largest absolute Gasteiger partial charge is 0.340 e. The number of carbonyl (C=O) groups excluding carboxylic acids is 1. The van der Waals surface area contributed by atoms with Gasteiger partial charge in [-0.05, 0) is 18.2 Å². The molecular weight excluding hydrogens is 391 g/mol. The van der Waals surface area contributed by atoms with Gasteiger partial charge in [0.05, 0.1) is 10.2 Å². The molecule has 28 heavy (non-hydrogen) atoms. The van der Waals surface area contributed by atoms with Crippen LogP contribution >= 0.6 is 11.3 Å². The van der Waals surface area contributed by atoms with E-state index in [4.69, 9.17) is 0 Å². The molecule has 1 aromatic heterocycles. The second-order valence-corrected chi connectivity index (χ2v) is 6.87.